The first-order valence-corrected chi connectivity index (χ1v) is 8.68. The smallest absolute Gasteiger partial charge is 0.256 e. The van der Waals surface area contributed by atoms with Crippen LogP contribution in [-0.2, 0) is 0 Å². The average Bonchev–Trinajstić information content (AvgIpc) is 2.60. The maximum Gasteiger partial charge on any atom is 0.256 e. The molecule has 1 aromatic carbocycles. The largest absolute Gasteiger partial charge is 0.334 e. The van der Waals surface area contributed by atoms with Crippen LogP contribution in [-0.4, -0.2) is 22.9 Å². The summed E-state index contributed by atoms with van der Waals surface area (Å²) in [5.41, 5.74) is 3.37. The Bertz CT molecular complexity index is 863. The van der Waals surface area contributed by atoms with E-state index in [0.717, 1.165) is 11.1 Å². The highest BCUT2D eigenvalue weighted by Crippen LogP contribution is 2.42. The lowest BCUT2D eigenvalue weighted by molar-refractivity contribution is 0.123. The monoisotopic (exact) mass is 422 g/mol. The predicted molar refractivity (Wildman–Crippen MR) is 101 cm³/mol. The molecule has 0 unspecified atom stereocenters. The summed E-state index contributed by atoms with van der Waals surface area (Å²) >= 11 is 9.76. The second-order valence-electron chi connectivity index (χ2n) is 5.42. The second kappa shape index (κ2) is 7.50. The van der Waals surface area contributed by atoms with E-state index in [-0.39, 0.29) is 0 Å². The zero-order valence-electron chi connectivity index (χ0n) is 13.1. The molecule has 1 aliphatic rings. The highest BCUT2D eigenvalue weighted by molar-refractivity contribution is 9.12. The maximum atomic E-state index is 13.3. The summed E-state index contributed by atoms with van der Waals surface area (Å²) in [7, 11) is 0. The molecule has 128 valence electrons. The fourth-order valence-electron chi connectivity index (χ4n) is 2.72. The van der Waals surface area contributed by atoms with Gasteiger partial charge in [-0.1, -0.05) is 48.5 Å². The predicted octanol–water partition coefficient (Wildman–Crippen LogP) is 5.98. The molecule has 0 spiro atoms. The summed E-state index contributed by atoms with van der Waals surface area (Å²) in [6.07, 6.45) is 2.45. The minimum atomic E-state index is -2.53. The van der Waals surface area contributed by atoms with Crippen LogP contribution in [0.4, 0.5) is 8.78 Å². The first kappa shape index (κ1) is 17.8. The van der Waals surface area contributed by atoms with Crippen LogP contribution in [0, 0.1) is 0 Å². The zero-order valence-corrected chi connectivity index (χ0v) is 15.4. The first-order chi connectivity index (χ1) is 12.0. The molecule has 6 heteroatoms. The number of alkyl halides is 2. The number of nitrogens with zero attached hydrogens (tertiary/aromatic N) is 2. The van der Waals surface area contributed by atoms with E-state index in [1.54, 1.807) is 12.3 Å². The van der Waals surface area contributed by atoms with Crippen LogP contribution < -0.4 is 0 Å². The Morgan fingerprint density at radius 3 is 2.56 bits per heavy atom. The summed E-state index contributed by atoms with van der Waals surface area (Å²) in [5.74, 6) is 0. The molecule has 2 nitrogen and oxygen atoms in total. The number of hydrogen-bond acceptors (Lipinski definition) is 2. The maximum absolute atomic E-state index is 13.3. The van der Waals surface area contributed by atoms with Gasteiger partial charge in [0.05, 0.1) is 17.3 Å². The molecule has 1 aromatic heterocycles. The molecule has 3 rings (SSSR count). The molecule has 0 bridgehead atoms. The molecule has 0 aliphatic carbocycles. The number of pyridine rings is 1. The first-order valence-electron chi connectivity index (χ1n) is 7.50. The van der Waals surface area contributed by atoms with Gasteiger partial charge >= 0.3 is 0 Å². The third-order valence-electron chi connectivity index (χ3n) is 3.83. The van der Waals surface area contributed by atoms with Crippen LogP contribution in [0.5, 0.6) is 0 Å². The molecule has 0 saturated carbocycles. The molecule has 0 saturated heterocycles. The fraction of sp³-hybridized carbons (Fsp3) is 0.105. The molecule has 2 aromatic rings. The summed E-state index contributed by atoms with van der Waals surface area (Å²) in [5, 5.41) is 0.393. The van der Waals surface area contributed by atoms with Gasteiger partial charge in [-0.05, 0) is 33.6 Å². The number of benzene rings is 1. The lowest BCUT2D eigenvalue weighted by Gasteiger charge is -2.34. The van der Waals surface area contributed by atoms with Crippen molar-refractivity contribution >= 4 is 38.8 Å². The van der Waals surface area contributed by atoms with Crippen LogP contribution >= 0.6 is 27.5 Å². The summed E-state index contributed by atoms with van der Waals surface area (Å²) < 4.78 is 27.2. The van der Waals surface area contributed by atoms with E-state index >= 15 is 0 Å². The number of allylic oxidation sites excluding steroid dienone is 3. The van der Waals surface area contributed by atoms with Crippen LogP contribution in [0.1, 0.15) is 11.1 Å². The topological polar surface area (TPSA) is 16.1 Å². The van der Waals surface area contributed by atoms with Crippen molar-refractivity contribution in [2.45, 2.75) is 6.43 Å². The Labute approximate surface area is 158 Å². The highest BCUT2D eigenvalue weighted by atomic mass is 79.9. The van der Waals surface area contributed by atoms with Gasteiger partial charge in [-0.3, -0.25) is 4.98 Å². The van der Waals surface area contributed by atoms with Crippen molar-refractivity contribution in [2.75, 3.05) is 6.54 Å². The van der Waals surface area contributed by atoms with Crippen molar-refractivity contribution in [3.8, 4) is 0 Å². The summed E-state index contributed by atoms with van der Waals surface area (Å²) in [6, 6.07) is 11.3. The van der Waals surface area contributed by atoms with Gasteiger partial charge in [0.15, 0.2) is 0 Å². The normalized spacial score (nSPS) is 15.0. The van der Waals surface area contributed by atoms with Crippen molar-refractivity contribution in [2.24, 2.45) is 0 Å². The van der Waals surface area contributed by atoms with Gasteiger partial charge in [0.1, 0.15) is 0 Å². The van der Waals surface area contributed by atoms with Crippen LogP contribution in [0.25, 0.3) is 11.3 Å². The Hall–Kier alpha value is -1.98. The van der Waals surface area contributed by atoms with Crippen molar-refractivity contribution in [1.29, 1.82) is 0 Å². The molecule has 2 heterocycles. The minimum Gasteiger partial charge on any atom is -0.334 e. The third-order valence-corrected chi connectivity index (χ3v) is 4.82. The molecule has 0 fully saturated rings. The van der Waals surface area contributed by atoms with Crippen LogP contribution in [0.15, 0.2) is 71.6 Å². The number of aromatic nitrogens is 1. The number of hydrogen-bond donors (Lipinski definition) is 0. The van der Waals surface area contributed by atoms with E-state index in [1.165, 1.54) is 11.1 Å². The van der Waals surface area contributed by atoms with E-state index in [9.17, 15) is 8.78 Å². The van der Waals surface area contributed by atoms with Crippen molar-refractivity contribution in [3.63, 3.8) is 0 Å². The number of halogens is 4. The fourth-order valence-corrected chi connectivity index (χ4v) is 3.37. The van der Waals surface area contributed by atoms with Crippen molar-refractivity contribution in [1.82, 2.24) is 9.88 Å². The van der Waals surface area contributed by atoms with Gasteiger partial charge in [-0.2, -0.15) is 0 Å². The highest BCUT2D eigenvalue weighted by Gasteiger charge is 2.28. The standard InChI is InChI=1S/C19H14BrClF2N2/c1-12-16(20)9-15(13-5-3-2-4-6-13)19(25(12)11-18(22)23)14-7-8-24-10-17(14)21/h2-10,18H,1,11H2. The van der Waals surface area contributed by atoms with Crippen LogP contribution in [0.2, 0.25) is 5.02 Å². The van der Waals surface area contributed by atoms with Gasteiger partial charge in [0, 0.05) is 33.7 Å². The Morgan fingerprint density at radius 2 is 1.92 bits per heavy atom. The van der Waals surface area contributed by atoms with Gasteiger partial charge in [-0.15, -0.1) is 0 Å². The van der Waals surface area contributed by atoms with E-state index in [2.05, 4.69) is 27.5 Å². The zero-order chi connectivity index (χ0) is 18.0. The Balaban J connectivity index is 2.30. The Morgan fingerprint density at radius 1 is 1.20 bits per heavy atom. The van der Waals surface area contributed by atoms with Gasteiger partial charge in [0.2, 0.25) is 0 Å². The molecule has 0 N–H and O–H groups in total. The van der Waals surface area contributed by atoms with E-state index in [1.807, 2.05) is 36.4 Å². The Kier molecular flexibility index (Phi) is 5.35. The van der Waals surface area contributed by atoms with E-state index < -0.39 is 13.0 Å². The van der Waals surface area contributed by atoms with Crippen LogP contribution in [0.3, 0.4) is 0 Å². The van der Waals surface area contributed by atoms with Crippen molar-refractivity contribution in [3.05, 3.63) is 87.8 Å². The molecule has 25 heavy (non-hydrogen) atoms. The molecular weight excluding hydrogens is 410 g/mol. The molecule has 0 amide bonds. The van der Waals surface area contributed by atoms with Crippen molar-refractivity contribution < 1.29 is 8.78 Å². The number of rotatable bonds is 4. The minimum absolute atomic E-state index is 0.393. The summed E-state index contributed by atoms with van der Waals surface area (Å²) in [4.78, 5) is 5.49. The van der Waals surface area contributed by atoms with E-state index in [4.69, 9.17) is 11.6 Å². The molecule has 0 radical (unpaired) electrons. The van der Waals surface area contributed by atoms with E-state index in [0.29, 0.717) is 26.5 Å². The average molecular weight is 424 g/mol. The molecule has 0 atom stereocenters. The molecule has 1 aliphatic heterocycles. The quantitative estimate of drug-likeness (QED) is 0.602. The summed E-state index contributed by atoms with van der Waals surface area (Å²) in [6.45, 7) is 3.47. The molecular formula is C19H14BrClF2N2. The lowest BCUT2D eigenvalue weighted by atomic mass is 9.95. The SMILES string of the molecule is C=C1C(Br)=CC(c2ccccc2)=C(c2ccncc2Cl)N1CC(F)F. The third kappa shape index (κ3) is 3.67. The lowest BCUT2D eigenvalue weighted by Crippen LogP contribution is -2.29. The van der Waals surface area contributed by atoms with Gasteiger partial charge in [0.25, 0.3) is 6.43 Å². The van der Waals surface area contributed by atoms with Gasteiger partial charge < -0.3 is 4.90 Å². The van der Waals surface area contributed by atoms with Gasteiger partial charge in [-0.25, -0.2) is 8.78 Å². The second-order valence-corrected chi connectivity index (χ2v) is 6.69.